The van der Waals surface area contributed by atoms with E-state index in [0.29, 0.717) is 23.3 Å². The van der Waals surface area contributed by atoms with E-state index < -0.39 is 5.97 Å². The van der Waals surface area contributed by atoms with Gasteiger partial charge in [-0.3, -0.25) is 14.6 Å². The lowest BCUT2D eigenvalue weighted by Crippen LogP contribution is -2.41. The van der Waals surface area contributed by atoms with Crippen molar-refractivity contribution in [3.63, 3.8) is 0 Å². The summed E-state index contributed by atoms with van der Waals surface area (Å²) in [7, 11) is 0. The van der Waals surface area contributed by atoms with E-state index in [-0.39, 0.29) is 23.7 Å². The summed E-state index contributed by atoms with van der Waals surface area (Å²) >= 11 is 0. The van der Waals surface area contributed by atoms with Crippen LogP contribution in [0.25, 0.3) is 5.57 Å². The van der Waals surface area contributed by atoms with Gasteiger partial charge < -0.3 is 10.4 Å². The van der Waals surface area contributed by atoms with E-state index >= 15 is 0 Å². The molecule has 1 aromatic carbocycles. The van der Waals surface area contributed by atoms with Gasteiger partial charge >= 0.3 is 5.97 Å². The van der Waals surface area contributed by atoms with Crippen LogP contribution in [0.4, 0.5) is 4.39 Å². The molecule has 0 unspecified atom stereocenters. The van der Waals surface area contributed by atoms with Crippen molar-refractivity contribution in [3.05, 3.63) is 70.8 Å². The molecule has 5 rings (SSSR count). The van der Waals surface area contributed by atoms with Crippen molar-refractivity contribution in [1.82, 2.24) is 10.3 Å². The Labute approximate surface area is 186 Å². The van der Waals surface area contributed by atoms with E-state index in [1.807, 2.05) is 12.1 Å². The number of aromatic nitrogens is 1. The Bertz CT molecular complexity index is 1130. The Morgan fingerprint density at radius 3 is 2.88 bits per heavy atom. The van der Waals surface area contributed by atoms with Gasteiger partial charge in [0, 0.05) is 11.8 Å². The van der Waals surface area contributed by atoms with Crippen LogP contribution in [0.2, 0.25) is 0 Å². The van der Waals surface area contributed by atoms with Gasteiger partial charge in [-0.1, -0.05) is 19.1 Å². The Balaban J connectivity index is 1.38. The number of nitrogens with zero attached hydrogens (tertiary/aromatic N) is 1. The Kier molecular flexibility index (Phi) is 5.11. The smallest absolute Gasteiger partial charge is 0.322 e. The molecular formula is C26H27FN2O3. The van der Waals surface area contributed by atoms with E-state index in [1.54, 1.807) is 12.3 Å². The lowest BCUT2D eigenvalue weighted by molar-refractivity contribution is -0.135. The number of hydrogen-bond acceptors (Lipinski definition) is 3. The number of carbonyl (C=O) groups is 2. The third-order valence-corrected chi connectivity index (χ3v) is 7.99. The lowest BCUT2D eigenvalue weighted by Gasteiger charge is -2.50. The summed E-state index contributed by atoms with van der Waals surface area (Å²) in [5.41, 5.74) is 5.24. The zero-order valence-corrected chi connectivity index (χ0v) is 18.1. The molecule has 0 saturated heterocycles. The number of nitrogens with one attached hydrogen (secondary N) is 1. The fourth-order valence-electron chi connectivity index (χ4n) is 6.56. The first-order valence-electron chi connectivity index (χ1n) is 11.3. The van der Waals surface area contributed by atoms with Gasteiger partial charge in [-0.2, -0.15) is 0 Å². The molecule has 0 spiro atoms. The minimum atomic E-state index is -1.05. The van der Waals surface area contributed by atoms with Crippen LogP contribution in [-0.4, -0.2) is 28.5 Å². The summed E-state index contributed by atoms with van der Waals surface area (Å²) in [6, 6.07) is 7.44. The average molecular weight is 435 g/mol. The number of hydrogen-bond donors (Lipinski definition) is 2. The first kappa shape index (κ1) is 20.9. The van der Waals surface area contributed by atoms with Crippen LogP contribution in [0.1, 0.15) is 65.6 Å². The third-order valence-electron chi connectivity index (χ3n) is 7.99. The minimum absolute atomic E-state index is 0.0325. The maximum Gasteiger partial charge on any atom is 0.322 e. The van der Waals surface area contributed by atoms with Crippen molar-refractivity contribution in [3.8, 4) is 0 Å². The second-order valence-corrected chi connectivity index (χ2v) is 9.61. The molecule has 3 aliphatic rings. The van der Waals surface area contributed by atoms with Crippen molar-refractivity contribution in [2.45, 2.75) is 44.9 Å². The number of carbonyl (C=O) groups excluding carboxylic acids is 1. The number of amides is 1. The zero-order chi connectivity index (χ0) is 22.5. The topological polar surface area (TPSA) is 79.3 Å². The average Bonchev–Trinajstić information content (AvgIpc) is 3.14. The van der Waals surface area contributed by atoms with Crippen molar-refractivity contribution in [1.29, 1.82) is 0 Å². The standard InChI is InChI=1S/C26H27FN2O3/c1-26-9-8-20-19-4-3-16(25(32)29-14-24(30)31)10-15(19)2-5-21(20)23(26)7-6-22(26)17-11-18(27)13-28-12-17/h3-4,6,10-13,20-21,23H,2,5,7-9,14H2,1H3,(H,29,32)(H,30,31)/t20-,21-,23+,26-/m1/s1. The summed E-state index contributed by atoms with van der Waals surface area (Å²) in [5.74, 6) is -0.149. The highest BCUT2D eigenvalue weighted by atomic mass is 19.1. The molecule has 1 aromatic heterocycles. The number of carboxylic acids is 1. The highest BCUT2D eigenvalue weighted by Crippen LogP contribution is 2.63. The molecule has 166 valence electrons. The second kappa shape index (κ2) is 7.84. The minimum Gasteiger partial charge on any atom is -0.480 e. The van der Waals surface area contributed by atoms with Crippen molar-refractivity contribution in [2.24, 2.45) is 17.3 Å². The monoisotopic (exact) mass is 434 g/mol. The zero-order valence-electron chi connectivity index (χ0n) is 18.1. The Morgan fingerprint density at radius 2 is 2.09 bits per heavy atom. The maximum absolute atomic E-state index is 13.8. The van der Waals surface area contributed by atoms with Crippen LogP contribution in [-0.2, 0) is 11.2 Å². The highest BCUT2D eigenvalue weighted by molar-refractivity contribution is 5.96. The summed E-state index contributed by atoms with van der Waals surface area (Å²) in [5, 5.41) is 11.2. The molecule has 0 bridgehead atoms. The normalized spacial score (nSPS) is 28.2. The van der Waals surface area contributed by atoms with Crippen molar-refractivity contribution in [2.75, 3.05) is 6.54 Å². The van der Waals surface area contributed by atoms with Gasteiger partial charge in [0.1, 0.15) is 12.4 Å². The molecule has 4 atom stereocenters. The first-order chi connectivity index (χ1) is 15.4. The Hall–Kier alpha value is -3.02. The van der Waals surface area contributed by atoms with Crippen LogP contribution in [0.15, 0.2) is 42.7 Å². The molecule has 0 aliphatic heterocycles. The number of fused-ring (bicyclic) bond motifs is 5. The van der Waals surface area contributed by atoms with Crippen LogP contribution < -0.4 is 5.32 Å². The molecular weight excluding hydrogens is 407 g/mol. The van der Waals surface area contributed by atoms with Crippen molar-refractivity contribution < 1.29 is 19.1 Å². The fourth-order valence-corrected chi connectivity index (χ4v) is 6.56. The molecule has 0 radical (unpaired) electrons. The van der Waals surface area contributed by atoms with Crippen LogP contribution in [0, 0.1) is 23.1 Å². The summed E-state index contributed by atoms with van der Waals surface area (Å²) in [6.45, 7) is 1.96. The molecule has 1 heterocycles. The van der Waals surface area contributed by atoms with Gasteiger partial charge in [-0.05, 0) is 95.7 Å². The first-order valence-corrected chi connectivity index (χ1v) is 11.3. The molecule has 2 N–H and O–H groups in total. The van der Waals surface area contributed by atoms with Gasteiger partial charge in [0.25, 0.3) is 5.91 Å². The van der Waals surface area contributed by atoms with Gasteiger partial charge in [-0.25, -0.2) is 4.39 Å². The summed E-state index contributed by atoms with van der Waals surface area (Å²) < 4.78 is 13.8. The molecule has 2 aromatic rings. The lowest BCUT2D eigenvalue weighted by atomic mass is 9.54. The van der Waals surface area contributed by atoms with Crippen LogP contribution in [0.5, 0.6) is 0 Å². The largest absolute Gasteiger partial charge is 0.480 e. The summed E-state index contributed by atoms with van der Waals surface area (Å²) in [6.07, 6.45) is 10.4. The number of halogens is 1. The summed E-state index contributed by atoms with van der Waals surface area (Å²) in [4.78, 5) is 27.1. The van der Waals surface area contributed by atoms with Gasteiger partial charge in [0.05, 0.1) is 6.20 Å². The number of pyridine rings is 1. The van der Waals surface area contributed by atoms with Gasteiger partial charge in [-0.15, -0.1) is 0 Å². The number of benzene rings is 1. The number of aryl methyl sites for hydroxylation is 1. The number of carboxylic acid groups (broad SMARTS) is 1. The highest BCUT2D eigenvalue weighted by Gasteiger charge is 2.52. The van der Waals surface area contributed by atoms with E-state index in [1.165, 1.54) is 22.9 Å². The van der Waals surface area contributed by atoms with Crippen LogP contribution >= 0.6 is 0 Å². The van der Waals surface area contributed by atoms with Crippen molar-refractivity contribution >= 4 is 17.4 Å². The molecule has 1 saturated carbocycles. The number of allylic oxidation sites excluding steroid dienone is 2. The van der Waals surface area contributed by atoms with Gasteiger partial charge in [0.2, 0.25) is 0 Å². The molecule has 6 heteroatoms. The SMILES string of the molecule is C[C@]12CC[C@@H]3c4ccc(C(=O)NCC(=O)O)cc4CC[C@H]3[C@@H]1CC=C2c1cncc(F)c1. The van der Waals surface area contributed by atoms with Crippen LogP contribution in [0.3, 0.4) is 0 Å². The molecule has 32 heavy (non-hydrogen) atoms. The molecule has 1 fully saturated rings. The maximum atomic E-state index is 13.8. The van der Waals surface area contributed by atoms with E-state index in [0.717, 1.165) is 37.7 Å². The van der Waals surface area contributed by atoms with Gasteiger partial charge in [0.15, 0.2) is 0 Å². The Morgan fingerprint density at radius 1 is 1.25 bits per heavy atom. The number of aliphatic carboxylic acids is 1. The van der Waals surface area contributed by atoms with E-state index in [9.17, 15) is 14.0 Å². The predicted molar refractivity (Wildman–Crippen MR) is 119 cm³/mol. The fraction of sp³-hybridized carbons (Fsp3) is 0.423. The molecule has 3 aliphatic carbocycles. The van der Waals surface area contributed by atoms with E-state index in [4.69, 9.17) is 5.11 Å². The molecule has 1 amide bonds. The quantitative estimate of drug-likeness (QED) is 0.738. The predicted octanol–water partition coefficient (Wildman–Crippen LogP) is 4.58. The second-order valence-electron chi connectivity index (χ2n) is 9.61. The number of rotatable bonds is 4. The molecule has 5 nitrogen and oxygen atoms in total. The third kappa shape index (κ3) is 3.42. The van der Waals surface area contributed by atoms with E-state index in [2.05, 4.69) is 29.4 Å².